The maximum absolute atomic E-state index is 12.9. The largest absolute Gasteiger partial charge is 0.340 e. The topological polar surface area (TPSA) is 49.4 Å². The van der Waals surface area contributed by atoms with Crippen molar-refractivity contribution in [2.45, 2.75) is 70.4 Å². The number of allylic oxidation sites excluding steroid dienone is 1. The standard InChI is InChI=1S/C16H26N2O2/c1-3-5-12-18-13(9-4-2)14(19)17-16(15(18)20)10-7-6-8-11-16/h3,5,13H,4,6-12H2,1-2H3,(H,17,19)/b5-3+. The van der Waals surface area contributed by atoms with E-state index in [1.54, 1.807) is 4.90 Å². The Hall–Kier alpha value is -1.32. The lowest BCUT2D eigenvalue weighted by molar-refractivity contribution is -0.156. The highest BCUT2D eigenvalue weighted by atomic mass is 16.2. The molecule has 1 saturated carbocycles. The number of hydrogen-bond donors (Lipinski definition) is 1. The fraction of sp³-hybridized carbons (Fsp3) is 0.750. The third kappa shape index (κ3) is 2.74. The van der Waals surface area contributed by atoms with Gasteiger partial charge in [-0.2, -0.15) is 0 Å². The molecule has 0 radical (unpaired) electrons. The smallest absolute Gasteiger partial charge is 0.249 e. The van der Waals surface area contributed by atoms with Gasteiger partial charge in [-0.05, 0) is 26.2 Å². The van der Waals surface area contributed by atoms with E-state index in [1.807, 2.05) is 19.1 Å². The molecule has 1 spiro atoms. The summed E-state index contributed by atoms with van der Waals surface area (Å²) in [6.07, 6.45) is 10.4. The van der Waals surface area contributed by atoms with Crippen LogP contribution in [-0.4, -0.2) is 34.8 Å². The van der Waals surface area contributed by atoms with Crippen molar-refractivity contribution in [3.63, 3.8) is 0 Å². The molecule has 1 N–H and O–H groups in total. The van der Waals surface area contributed by atoms with E-state index >= 15 is 0 Å². The first-order valence-electron chi connectivity index (χ1n) is 7.89. The van der Waals surface area contributed by atoms with Crippen LogP contribution in [0.2, 0.25) is 0 Å². The lowest BCUT2D eigenvalue weighted by atomic mass is 9.78. The summed E-state index contributed by atoms with van der Waals surface area (Å²) in [5.74, 6) is 0.172. The van der Waals surface area contributed by atoms with E-state index < -0.39 is 5.54 Å². The highest BCUT2D eigenvalue weighted by Crippen LogP contribution is 2.34. The zero-order valence-electron chi connectivity index (χ0n) is 12.7. The summed E-state index contributed by atoms with van der Waals surface area (Å²) in [5, 5.41) is 3.07. The van der Waals surface area contributed by atoms with Crippen molar-refractivity contribution in [3.05, 3.63) is 12.2 Å². The van der Waals surface area contributed by atoms with Crippen molar-refractivity contribution in [1.29, 1.82) is 0 Å². The van der Waals surface area contributed by atoms with Crippen LogP contribution in [0.15, 0.2) is 12.2 Å². The van der Waals surface area contributed by atoms with Crippen LogP contribution in [0.25, 0.3) is 0 Å². The number of piperazine rings is 1. The Balaban J connectivity index is 2.25. The van der Waals surface area contributed by atoms with Gasteiger partial charge in [0.05, 0.1) is 0 Å². The molecule has 0 bridgehead atoms. The monoisotopic (exact) mass is 278 g/mol. The van der Waals surface area contributed by atoms with Gasteiger partial charge in [-0.1, -0.05) is 44.8 Å². The molecule has 20 heavy (non-hydrogen) atoms. The van der Waals surface area contributed by atoms with Gasteiger partial charge in [0, 0.05) is 6.54 Å². The number of carbonyl (C=O) groups excluding carboxylic acids is 2. The fourth-order valence-corrected chi connectivity index (χ4v) is 3.41. The second-order valence-corrected chi connectivity index (χ2v) is 5.96. The molecule has 1 aliphatic heterocycles. The van der Waals surface area contributed by atoms with Gasteiger partial charge in [0.25, 0.3) is 0 Å². The molecule has 2 fully saturated rings. The zero-order valence-corrected chi connectivity index (χ0v) is 12.7. The quantitative estimate of drug-likeness (QED) is 0.803. The molecule has 1 aliphatic carbocycles. The van der Waals surface area contributed by atoms with E-state index in [1.165, 1.54) is 0 Å². The van der Waals surface area contributed by atoms with Crippen molar-refractivity contribution in [3.8, 4) is 0 Å². The maximum Gasteiger partial charge on any atom is 0.249 e. The number of nitrogens with zero attached hydrogens (tertiary/aromatic N) is 1. The van der Waals surface area contributed by atoms with Crippen LogP contribution in [-0.2, 0) is 9.59 Å². The average Bonchev–Trinajstić information content (AvgIpc) is 2.45. The molecule has 0 aromatic rings. The van der Waals surface area contributed by atoms with Crippen LogP contribution >= 0.6 is 0 Å². The van der Waals surface area contributed by atoms with Crippen LogP contribution < -0.4 is 5.32 Å². The highest BCUT2D eigenvalue weighted by molar-refractivity contribution is 6.00. The highest BCUT2D eigenvalue weighted by Gasteiger charge is 2.50. The summed E-state index contributed by atoms with van der Waals surface area (Å²) < 4.78 is 0. The molecule has 1 heterocycles. The second kappa shape index (κ2) is 6.42. The summed E-state index contributed by atoms with van der Waals surface area (Å²) in [4.78, 5) is 27.2. The molecule has 2 amide bonds. The van der Waals surface area contributed by atoms with Gasteiger partial charge in [-0.25, -0.2) is 0 Å². The number of nitrogens with one attached hydrogen (secondary N) is 1. The van der Waals surface area contributed by atoms with Crippen LogP contribution in [0.3, 0.4) is 0 Å². The fourth-order valence-electron chi connectivity index (χ4n) is 3.41. The van der Waals surface area contributed by atoms with Crippen LogP contribution in [0.1, 0.15) is 58.8 Å². The second-order valence-electron chi connectivity index (χ2n) is 5.96. The van der Waals surface area contributed by atoms with Gasteiger partial charge in [-0.3, -0.25) is 9.59 Å². The normalized spacial score (nSPS) is 26.3. The molecule has 4 nitrogen and oxygen atoms in total. The number of hydrogen-bond acceptors (Lipinski definition) is 2. The van der Waals surface area contributed by atoms with Gasteiger partial charge in [-0.15, -0.1) is 0 Å². The van der Waals surface area contributed by atoms with Gasteiger partial charge in [0.15, 0.2) is 0 Å². The molecular weight excluding hydrogens is 252 g/mol. The predicted octanol–water partition coefficient (Wildman–Crippen LogP) is 2.39. The number of carbonyl (C=O) groups is 2. The first kappa shape index (κ1) is 15.1. The minimum atomic E-state index is -0.610. The summed E-state index contributed by atoms with van der Waals surface area (Å²) in [6.45, 7) is 4.55. The Morgan fingerprint density at radius 1 is 1.30 bits per heavy atom. The summed E-state index contributed by atoms with van der Waals surface area (Å²) in [5.41, 5.74) is -0.610. The number of amides is 2. The summed E-state index contributed by atoms with van der Waals surface area (Å²) in [7, 11) is 0. The molecule has 0 aromatic carbocycles. The van der Waals surface area contributed by atoms with Crippen molar-refractivity contribution in [2.24, 2.45) is 0 Å². The minimum absolute atomic E-state index is 0.0397. The van der Waals surface area contributed by atoms with Gasteiger partial charge < -0.3 is 10.2 Å². The molecule has 0 aromatic heterocycles. The van der Waals surface area contributed by atoms with Crippen LogP contribution in [0.4, 0.5) is 0 Å². The Morgan fingerprint density at radius 2 is 2.00 bits per heavy atom. The Kier molecular flexibility index (Phi) is 4.84. The third-order valence-electron chi connectivity index (χ3n) is 4.52. The Labute approximate surface area is 121 Å². The van der Waals surface area contributed by atoms with Crippen molar-refractivity contribution in [1.82, 2.24) is 10.2 Å². The number of rotatable bonds is 4. The van der Waals surface area contributed by atoms with E-state index in [-0.39, 0.29) is 17.9 Å². The van der Waals surface area contributed by atoms with E-state index in [0.717, 1.165) is 44.9 Å². The van der Waals surface area contributed by atoms with E-state index in [4.69, 9.17) is 0 Å². The van der Waals surface area contributed by atoms with E-state index in [0.29, 0.717) is 6.54 Å². The first-order valence-corrected chi connectivity index (χ1v) is 7.89. The van der Waals surface area contributed by atoms with Crippen molar-refractivity contribution < 1.29 is 9.59 Å². The summed E-state index contributed by atoms with van der Waals surface area (Å²) in [6, 6.07) is -0.295. The summed E-state index contributed by atoms with van der Waals surface area (Å²) >= 11 is 0. The lowest BCUT2D eigenvalue weighted by Crippen LogP contribution is -2.70. The average molecular weight is 278 g/mol. The van der Waals surface area contributed by atoms with Crippen LogP contribution in [0, 0.1) is 0 Å². The van der Waals surface area contributed by atoms with Gasteiger partial charge >= 0.3 is 0 Å². The van der Waals surface area contributed by atoms with Gasteiger partial charge in [0.2, 0.25) is 11.8 Å². The van der Waals surface area contributed by atoms with Gasteiger partial charge in [0.1, 0.15) is 11.6 Å². The molecule has 4 heteroatoms. The Morgan fingerprint density at radius 3 is 2.60 bits per heavy atom. The molecular formula is C16H26N2O2. The SMILES string of the molecule is C/C=C/CN1C(=O)C2(CCCCC2)NC(=O)C1CCC. The molecule has 1 saturated heterocycles. The first-order chi connectivity index (χ1) is 9.64. The molecule has 1 unspecified atom stereocenters. The molecule has 2 rings (SSSR count). The third-order valence-corrected chi connectivity index (χ3v) is 4.52. The lowest BCUT2D eigenvalue weighted by Gasteiger charge is -2.47. The van der Waals surface area contributed by atoms with Crippen LogP contribution in [0.5, 0.6) is 0 Å². The predicted molar refractivity (Wildman–Crippen MR) is 79.2 cm³/mol. The van der Waals surface area contributed by atoms with Crippen molar-refractivity contribution in [2.75, 3.05) is 6.54 Å². The van der Waals surface area contributed by atoms with E-state index in [9.17, 15) is 9.59 Å². The minimum Gasteiger partial charge on any atom is -0.340 e. The molecule has 1 atom stereocenters. The molecule has 112 valence electrons. The van der Waals surface area contributed by atoms with E-state index in [2.05, 4.69) is 12.2 Å². The maximum atomic E-state index is 12.9. The Bertz CT molecular complexity index is 397. The van der Waals surface area contributed by atoms with Crippen molar-refractivity contribution >= 4 is 11.8 Å². The molecule has 2 aliphatic rings. The zero-order chi connectivity index (χ0) is 14.6.